The number of esters is 1. The van der Waals surface area contributed by atoms with E-state index in [1.54, 1.807) is 13.8 Å². The summed E-state index contributed by atoms with van der Waals surface area (Å²) in [7, 11) is 1.24. The predicted molar refractivity (Wildman–Crippen MR) is 89.7 cm³/mol. The Labute approximate surface area is 148 Å². The number of nitro groups is 1. The van der Waals surface area contributed by atoms with E-state index in [2.05, 4.69) is 10.6 Å². The van der Waals surface area contributed by atoms with Crippen LogP contribution in [0.4, 0.5) is 10.5 Å². The molecule has 0 fully saturated rings. The fourth-order valence-electron chi connectivity index (χ4n) is 2.67. The van der Waals surface area contributed by atoms with Gasteiger partial charge in [0.05, 0.1) is 30.3 Å². The van der Waals surface area contributed by atoms with Crippen LogP contribution in [0, 0.1) is 10.1 Å². The number of aromatic hydroxyl groups is 1. The van der Waals surface area contributed by atoms with Gasteiger partial charge in [0.2, 0.25) is 5.75 Å². The van der Waals surface area contributed by atoms with E-state index >= 15 is 0 Å². The number of urea groups is 1. The molecule has 2 amide bonds. The molecule has 26 heavy (non-hydrogen) atoms. The van der Waals surface area contributed by atoms with Gasteiger partial charge in [0.25, 0.3) is 0 Å². The summed E-state index contributed by atoms with van der Waals surface area (Å²) >= 11 is 0. The highest BCUT2D eigenvalue weighted by Crippen LogP contribution is 2.40. The number of ether oxygens (including phenoxy) is 2. The summed E-state index contributed by atoms with van der Waals surface area (Å²) in [6.45, 7) is 3.51. The Morgan fingerprint density at radius 3 is 2.62 bits per heavy atom. The minimum absolute atomic E-state index is 0.124. The number of methoxy groups -OCH3 is 1. The number of nitrogens with one attached hydrogen (secondary N) is 2. The number of benzene rings is 1. The molecule has 0 saturated carbocycles. The number of hydrogen-bond donors (Lipinski definition) is 3. The number of amides is 2. The first-order valence-electron chi connectivity index (χ1n) is 7.86. The first kappa shape index (κ1) is 19.0. The van der Waals surface area contributed by atoms with Gasteiger partial charge in [-0.15, -0.1) is 0 Å². The number of carbonyl (C=O) groups excluding carboxylic acids is 2. The lowest BCUT2D eigenvalue weighted by molar-refractivity contribution is -0.386. The third-order valence-electron chi connectivity index (χ3n) is 3.83. The number of carbonyl (C=O) groups is 2. The molecule has 140 valence electrons. The molecule has 0 spiro atoms. The van der Waals surface area contributed by atoms with Crippen LogP contribution >= 0.6 is 0 Å². The SMILES string of the molecule is CCOC(=O)C1=C(CC)NC(=O)NC1c1cc(OC)c(O)c([N+](=O)[O-])c1. The van der Waals surface area contributed by atoms with Crippen LogP contribution in [-0.2, 0) is 9.53 Å². The lowest BCUT2D eigenvalue weighted by atomic mass is 9.93. The summed E-state index contributed by atoms with van der Waals surface area (Å²) in [5, 5.41) is 26.2. The lowest BCUT2D eigenvalue weighted by Gasteiger charge is -2.29. The molecule has 0 aromatic heterocycles. The molecular formula is C16H19N3O7. The van der Waals surface area contributed by atoms with Gasteiger partial charge in [-0.1, -0.05) is 6.92 Å². The van der Waals surface area contributed by atoms with Crippen molar-refractivity contribution >= 4 is 17.7 Å². The lowest BCUT2D eigenvalue weighted by Crippen LogP contribution is -2.45. The van der Waals surface area contributed by atoms with Gasteiger partial charge in [-0.2, -0.15) is 0 Å². The molecule has 1 aromatic rings. The summed E-state index contributed by atoms with van der Waals surface area (Å²) in [5.41, 5.74) is 0.0893. The molecule has 10 nitrogen and oxygen atoms in total. The zero-order valence-corrected chi connectivity index (χ0v) is 14.5. The van der Waals surface area contributed by atoms with E-state index in [1.165, 1.54) is 13.2 Å². The minimum Gasteiger partial charge on any atom is -0.500 e. The molecule has 0 saturated heterocycles. The number of phenols is 1. The number of nitro benzene ring substituents is 1. The highest BCUT2D eigenvalue weighted by atomic mass is 16.6. The molecule has 0 aliphatic carbocycles. The molecule has 10 heteroatoms. The van der Waals surface area contributed by atoms with E-state index < -0.39 is 34.4 Å². The molecule has 1 atom stereocenters. The Morgan fingerprint density at radius 2 is 2.08 bits per heavy atom. The van der Waals surface area contributed by atoms with Crippen molar-refractivity contribution in [1.29, 1.82) is 0 Å². The van der Waals surface area contributed by atoms with Crippen LogP contribution in [0.1, 0.15) is 31.9 Å². The first-order chi connectivity index (χ1) is 12.3. The molecular weight excluding hydrogens is 346 g/mol. The van der Waals surface area contributed by atoms with Crippen molar-refractivity contribution in [2.75, 3.05) is 13.7 Å². The standard InChI is InChI=1S/C16H19N3O7/c1-4-9-12(15(21)26-5-2)13(18-16(22)17-9)8-6-10(19(23)24)14(20)11(7-8)25-3/h6-7,13,20H,4-5H2,1-3H3,(H2,17,18,22). The van der Waals surface area contributed by atoms with Gasteiger partial charge in [-0.05, 0) is 25.0 Å². The second kappa shape index (κ2) is 7.72. The third kappa shape index (κ3) is 3.53. The van der Waals surface area contributed by atoms with Crippen molar-refractivity contribution in [3.63, 3.8) is 0 Å². The fraction of sp³-hybridized carbons (Fsp3) is 0.375. The van der Waals surface area contributed by atoms with Crippen LogP contribution in [0.25, 0.3) is 0 Å². The summed E-state index contributed by atoms with van der Waals surface area (Å²) in [4.78, 5) is 34.8. The molecule has 2 rings (SSSR count). The maximum Gasteiger partial charge on any atom is 0.338 e. The number of nitrogens with zero attached hydrogens (tertiary/aromatic N) is 1. The zero-order chi connectivity index (χ0) is 19.4. The minimum atomic E-state index is -0.994. The van der Waals surface area contributed by atoms with E-state index in [0.29, 0.717) is 12.1 Å². The van der Waals surface area contributed by atoms with Gasteiger partial charge in [-0.25, -0.2) is 9.59 Å². The van der Waals surface area contributed by atoms with E-state index in [-0.39, 0.29) is 23.5 Å². The van der Waals surface area contributed by atoms with Crippen molar-refractivity contribution in [2.45, 2.75) is 26.3 Å². The Hall–Kier alpha value is -3.30. The van der Waals surface area contributed by atoms with Crippen LogP contribution < -0.4 is 15.4 Å². The molecule has 1 aromatic carbocycles. The number of rotatable bonds is 6. The Morgan fingerprint density at radius 1 is 1.38 bits per heavy atom. The third-order valence-corrected chi connectivity index (χ3v) is 3.83. The normalized spacial score (nSPS) is 16.6. The zero-order valence-electron chi connectivity index (χ0n) is 14.5. The van der Waals surface area contributed by atoms with E-state index in [4.69, 9.17) is 9.47 Å². The average molecular weight is 365 g/mol. The summed E-state index contributed by atoms with van der Waals surface area (Å²) in [5.74, 6) is -1.45. The van der Waals surface area contributed by atoms with Gasteiger partial charge in [0, 0.05) is 11.8 Å². The van der Waals surface area contributed by atoms with Gasteiger partial charge >= 0.3 is 17.7 Å². The van der Waals surface area contributed by atoms with Gasteiger partial charge in [-0.3, -0.25) is 10.1 Å². The summed E-state index contributed by atoms with van der Waals surface area (Å²) in [6, 6.07) is 0.853. The van der Waals surface area contributed by atoms with Crippen molar-refractivity contribution in [3.8, 4) is 11.5 Å². The van der Waals surface area contributed by atoms with E-state index in [1.807, 2.05) is 0 Å². The van der Waals surface area contributed by atoms with Gasteiger partial charge in [0.1, 0.15) is 0 Å². The molecule has 1 aliphatic rings. The van der Waals surface area contributed by atoms with Gasteiger partial charge in [0.15, 0.2) is 5.75 Å². The van der Waals surface area contributed by atoms with Crippen molar-refractivity contribution < 1.29 is 29.1 Å². The molecule has 0 bridgehead atoms. The van der Waals surface area contributed by atoms with Crippen LogP contribution in [-0.4, -0.2) is 35.7 Å². The molecule has 1 heterocycles. The second-order valence-corrected chi connectivity index (χ2v) is 5.35. The molecule has 1 unspecified atom stereocenters. The van der Waals surface area contributed by atoms with Gasteiger partial charge < -0.3 is 25.2 Å². The molecule has 3 N–H and O–H groups in total. The monoisotopic (exact) mass is 365 g/mol. The highest BCUT2D eigenvalue weighted by Gasteiger charge is 2.35. The maximum absolute atomic E-state index is 12.4. The Kier molecular flexibility index (Phi) is 5.65. The summed E-state index contributed by atoms with van der Waals surface area (Å²) in [6.07, 6.45) is 0.343. The topological polar surface area (TPSA) is 140 Å². The Bertz CT molecular complexity index is 788. The fourth-order valence-corrected chi connectivity index (χ4v) is 2.67. The largest absolute Gasteiger partial charge is 0.500 e. The maximum atomic E-state index is 12.4. The van der Waals surface area contributed by atoms with Crippen LogP contribution in [0.15, 0.2) is 23.4 Å². The van der Waals surface area contributed by atoms with Crippen molar-refractivity contribution in [3.05, 3.63) is 39.1 Å². The molecule has 1 aliphatic heterocycles. The van der Waals surface area contributed by atoms with Crippen LogP contribution in [0.5, 0.6) is 11.5 Å². The highest BCUT2D eigenvalue weighted by molar-refractivity contribution is 5.95. The van der Waals surface area contributed by atoms with E-state index in [0.717, 1.165) is 6.07 Å². The van der Waals surface area contributed by atoms with Crippen LogP contribution in [0.2, 0.25) is 0 Å². The number of allylic oxidation sites excluding steroid dienone is 1. The smallest absolute Gasteiger partial charge is 0.338 e. The number of hydrogen-bond acceptors (Lipinski definition) is 7. The molecule has 0 radical (unpaired) electrons. The number of phenolic OH excluding ortho intramolecular Hbond substituents is 1. The van der Waals surface area contributed by atoms with Crippen molar-refractivity contribution in [1.82, 2.24) is 10.6 Å². The first-order valence-corrected chi connectivity index (χ1v) is 7.86. The van der Waals surface area contributed by atoms with Crippen LogP contribution in [0.3, 0.4) is 0 Å². The predicted octanol–water partition coefficient (Wildman–Crippen LogP) is 1.89. The average Bonchev–Trinajstić information content (AvgIpc) is 2.60. The summed E-state index contributed by atoms with van der Waals surface area (Å²) < 4.78 is 10.0. The van der Waals surface area contributed by atoms with E-state index in [9.17, 15) is 24.8 Å². The Balaban J connectivity index is 2.66. The second-order valence-electron chi connectivity index (χ2n) is 5.35. The van der Waals surface area contributed by atoms with Crippen molar-refractivity contribution in [2.24, 2.45) is 0 Å². The quantitative estimate of drug-likeness (QED) is 0.397.